The van der Waals surface area contributed by atoms with Crippen LogP contribution in [0.15, 0.2) is 29.3 Å². The van der Waals surface area contributed by atoms with Crippen LogP contribution in [0.25, 0.3) is 0 Å². The number of carbonyl (C=O) groups is 2. The molecule has 2 amide bonds. The van der Waals surface area contributed by atoms with Gasteiger partial charge in [0.2, 0.25) is 11.8 Å². The van der Waals surface area contributed by atoms with Crippen molar-refractivity contribution in [3.8, 4) is 0 Å². The molecule has 6 heteroatoms. The Morgan fingerprint density at radius 1 is 1.47 bits per heavy atom. The highest BCUT2D eigenvalue weighted by Gasteiger charge is 2.31. The number of aliphatic imine (C=N–C) groups is 1. The van der Waals surface area contributed by atoms with Crippen molar-refractivity contribution < 1.29 is 9.59 Å². The fraction of sp³-hybridized carbons (Fsp3) is 0.308. The summed E-state index contributed by atoms with van der Waals surface area (Å²) in [6.07, 6.45) is 0.143. The SMILES string of the molecule is CN=C1NC(=O)[C@H](CC(=O)Nc2ccccc2C)S1. The highest BCUT2D eigenvalue weighted by molar-refractivity contribution is 8.15. The molecule has 2 N–H and O–H groups in total. The van der Waals surface area contributed by atoms with Crippen molar-refractivity contribution in [1.82, 2.24) is 5.32 Å². The van der Waals surface area contributed by atoms with Gasteiger partial charge in [-0.3, -0.25) is 14.6 Å². The molecule has 19 heavy (non-hydrogen) atoms. The number of para-hydroxylation sites is 1. The Labute approximate surface area is 115 Å². The maximum atomic E-state index is 11.9. The lowest BCUT2D eigenvalue weighted by Crippen LogP contribution is -2.28. The summed E-state index contributed by atoms with van der Waals surface area (Å²) in [6.45, 7) is 1.93. The summed E-state index contributed by atoms with van der Waals surface area (Å²) in [6, 6.07) is 7.54. The second-order valence-corrected chi connectivity index (χ2v) is 5.38. The Kier molecular flexibility index (Phi) is 4.21. The van der Waals surface area contributed by atoms with Crippen LogP contribution in [0.4, 0.5) is 5.69 Å². The lowest BCUT2D eigenvalue weighted by atomic mass is 10.2. The summed E-state index contributed by atoms with van der Waals surface area (Å²) in [5.41, 5.74) is 1.77. The third kappa shape index (κ3) is 3.35. The van der Waals surface area contributed by atoms with Gasteiger partial charge in [0.15, 0.2) is 5.17 Å². The van der Waals surface area contributed by atoms with E-state index in [0.29, 0.717) is 5.17 Å². The first kappa shape index (κ1) is 13.6. The maximum Gasteiger partial charge on any atom is 0.240 e. The van der Waals surface area contributed by atoms with Crippen molar-refractivity contribution in [2.24, 2.45) is 4.99 Å². The van der Waals surface area contributed by atoms with Gasteiger partial charge in [0.25, 0.3) is 0 Å². The summed E-state index contributed by atoms with van der Waals surface area (Å²) in [5.74, 6) is -0.329. The topological polar surface area (TPSA) is 70.6 Å². The number of aryl methyl sites for hydroxylation is 1. The predicted molar refractivity (Wildman–Crippen MR) is 77.3 cm³/mol. The van der Waals surface area contributed by atoms with Gasteiger partial charge >= 0.3 is 0 Å². The van der Waals surface area contributed by atoms with E-state index in [1.807, 2.05) is 31.2 Å². The van der Waals surface area contributed by atoms with Crippen LogP contribution in [0.1, 0.15) is 12.0 Å². The number of amidine groups is 1. The number of benzene rings is 1. The van der Waals surface area contributed by atoms with Gasteiger partial charge < -0.3 is 10.6 Å². The van der Waals surface area contributed by atoms with E-state index in [4.69, 9.17) is 0 Å². The molecule has 0 bridgehead atoms. The quantitative estimate of drug-likeness (QED) is 0.880. The van der Waals surface area contributed by atoms with E-state index in [-0.39, 0.29) is 18.2 Å². The van der Waals surface area contributed by atoms with Crippen LogP contribution >= 0.6 is 11.8 Å². The standard InChI is InChI=1S/C13H15N3O2S/c1-8-5-3-4-6-9(8)15-11(17)7-10-12(18)16-13(14-2)19-10/h3-6,10H,7H2,1-2H3,(H,15,17)(H,14,16,18)/t10-/m0/s1. The number of thioether (sulfide) groups is 1. The molecule has 5 nitrogen and oxygen atoms in total. The van der Waals surface area contributed by atoms with Crippen LogP contribution in [0, 0.1) is 6.92 Å². The van der Waals surface area contributed by atoms with Gasteiger partial charge in [0, 0.05) is 19.2 Å². The van der Waals surface area contributed by atoms with Crippen molar-refractivity contribution >= 4 is 34.4 Å². The van der Waals surface area contributed by atoms with Crippen LogP contribution in [0.2, 0.25) is 0 Å². The first-order valence-corrected chi connectivity index (χ1v) is 6.78. The number of hydrogen-bond donors (Lipinski definition) is 2. The number of carbonyl (C=O) groups excluding carboxylic acids is 2. The first-order chi connectivity index (χ1) is 9.10. The van der Waals surface area contributed by atoms with Gasteiger partial charge in [0.1, 0.15) is 5.25 Å². The van der Waals surface area contributed by atoms with Crippen LogP contribution in [-0.2, 0) is 9.59 Å². The van der Waals surface area contributed by atoms with Gasteiger partial charge in [-0.1, -0.05) is 30.0 Å². The van der Waals surface area contributed by atoms with E-state index in [9.17, 15) is 9.59 Å². The Morgan fingerprint density at radius 2 is 2.21 bits per heavy atom. The fourth-order valence-corrected chi connectivity index (χ4v) is 2.66. The van der Waals surface area contributed by atoms with Gasteiger partial charge in [0.05, 0.1) is 0 Å². The normalized spacial score (nSPS) is 20.4. The van der Waals surface area contributed by atoms with E-state index >= 15 is 0 Å². The van der Waals surface area contributed by atoms with Crippen LogP contribution < -0.4 is 10.6 Å². The smallest absolute Gasteiger partial charge is 0.240 e. The Balaban J connectivity index is 1.96. The van der Waals surface area contributed by atoms with E-state index in [1.165, 1.54) is 11.8 Å². The number of nitrogens with zero attached hydrogens (tertiary/aromatic N) is 1. The molecule has 0 unspecified atom stereocenters. The minimum Gasteiger partial charge on any atom is -0.326 e. The van der Waals surface area contributed by atoms with Gasteiger partial charge in [-0.2, -0.15) is 0 Å². The molecule has 0 radical (unpaired) electrons. The molecule has 1 fully saturated rings. The van der Waals surface area contributed by atoms with E-state index in [2.05, 4.69) is 15.6 Å². The lowest BCUT2D eigenvalue weighted by molar-refractivity contribution is -0.122. The molecule has 1 aliphatic heterocycles. The van der Waals surface area contributed by atoms with Crippen LogP contribution in [0.3, 0.4) is 0 Å². The number of hydrogen-bond acceptors (Lipinski definition) is 4. The predicted octanol–water partition coefficient (Wildman–Crippen LogP) is 1.54. The molecule has 0 spiro atoms. The molecule has 1 atom stereocenters. The van der Waals surface area contributed by atoms with E-state index in [0.717, 1.165) is 11.3 Å². The molecule has 1 aromatic rings. The number of anilines is 1. The van der Waals surface area contributed by atoms with E-state index < -0.39 is 5.25 Å². The zero-order valence-corrected chi connectivity index (χ0v) is 11.6. The molecule has 1 aliphatic rings. The molecule has 2 rings (SSSR count). The largest absolute Gasteiger partial charge is 0.326 e. The van der Waals surface area contributed by atoms with Crippen LogP contribution in [0.5, 0.6) is 0 Å². The molecule has 1 aromatic carbocycles. The zero-order valence-electron chi connectivity index (χ0n) is 10.8. The molecule has 0 aromatic heterocycles. The average Bonchev–Trinajstić information content (AvgIpc) is 2.73. The Hall–Kier alpha value is -1.82. The Morgan fingerprint density at radius 3 is 2.84 bits per heavy atom. The molecule has 1 heterocycles. The molecular weight excluding hydrogens is 262 g/mol. The minimum atomic E-state index is -0.400. The van der Waals surface area contributed by atoms with E-state index in [1.54, 1.807) is 7.05 Å². The summed E-state index contributed by atoms with van der Waals surface area (Å²) < 4.78 is 0. The third-order valence-corrected chi connectivity index (χ3v) is 3.94. The summed E-state index contributed by atoms with van der Waals surface area (Å²) in [7, 11) is 1.61. The number of nitrogens with one attached hydrogen (secondary N) is 2. The maximum absolute atomic E-state index is 11.9. The highest BCUT2D eigenvalue weighted by atomic mass is 32.2. The fourth-order valence-electron chi connectivity index (χ4n) is 1.73. The molecular formula is C13H15N3O2S. The third-order valence-electron chi connectivity index (χ3n) is 2.77. The second-order valence-electron chi connectivity index (χ2n) is 4.19. The van der Waals surface area contributed by atoms with Crippen LogP contribution in [-0.4, -0.2) is 29.3 Å². The van der Waals surface area contributed by atoms with Gasteiger partial charge in [-0.25, -0.2) is 0 Å². The zero-order chi connectivity index (χ0) is 13.8. The van der Waals surface area contributed by atoms with Crippen molar-refractivity contribution in [3.05, 3.63) is 29.8 Å². The molecule has 0 aliphatic carbocycles. The number of rotatable bonds is 3. The summed E-state index contributed by atoms with van der Waals surface area (Å²) >= 11 is 1.29. The summed E-state index contributed by atoms with van der Waals surface area (Å²) in [5, 5.41) is 5.61. The first-order valence-electron chi connectivity index (χ1n) is 5.90. The average molecular weight is 277 g/mol. The molecule has 1 saturated heterocycles. The van der Waals surface area contributed by atoms with Crippen molar-refractivity contribution in [2.75, 3.05) is 12.4 Å². The van der Waals surface area contributed by atoms with Crippen molar-refractivity contribution in [1.29, 1.82) is 0 Å². The van der Waals surface area contributed by atoms with Crippen molar-refractivity contribution in [2.45, 2.75) is 18.6 Å². The lowest BCUT2D eigenvalue weighted by Gasteiger charge is -2.09. The van der Waals surface area contributed by atoms with Crippen molar-refractivity contribution in [3.63, 3.8) is 0 Å². The summed E-state index contributed by atoms with van der Waals surface area (Å²) in [4.78, 5) is 27.4. The second kappa shape index (κ2) is 5.88. The molecule has 100 valence electrons. The molecule has 0 saturated carbocycles. The Bertz CT molecular complexity index is 542. The monoisotopic (exact) mass is 277 g/mol. The minimum absolute atomic E-state index is 0.143. The van der Waals surface area contributed by atoms with Gasteiger partial charge in [-0.05, 0) is 18.6 Å². The highest BCUT2D eigenvalue weighted by Crippen LogP contribution is 2.23. The van der Waals surface area contributed by atoms with Gasteiger partial charge in [-0.15, -0.1) is 0 Å². The number of amides is 2.